The molecular weight excluding hydrogens is 421 g/mol. The Kier molecular flexibility index (Phi) is 4.54. The number of halogens is 1. The van der Waals surface area contributed by atoms with Crippen molar-refractivity contribution >= 4 is 27.6 Å². The summed E-state index contributed by atoms with van der Waals surface area (Å²) in [5.41, 5.74) is 5.26. The molecule has 0 amide bonds. The topological polar surface area (TPSA) is 103 Å². The minimum absolute atomic E-state index is 0.242. The molecule has 5 aromatic rings. The zero-order valence-corrected chi connectivity index (χ0v) is 18.3. The first-order valence-electron chi connectivity index (χ1n) is 10.8. The summed E-state index contributed by atoms with van der Waals surface area (Å²) in [6, 6.07) is 1.84. The van der Waals surface area contributed by atoms with Crippen LogP contribution in [0.5, 0.6) is 0 Å². The molecule has 1 saturated heterocycles. The third-order valence-electron chi connectivity index (χ3n) is 6.28. The second-order valence-electron chi connectivity index (χ2n) is 8.40. The first kappa shape index (κ1) is 19.7. The predicted octanol–water partition coefficient (Wildman–Crippen LogP) is 3.16. The van der Waals surface area contributed by atoms with Crippen LogP contribution < -0.4 is 4.90 Å². The van der Waals surface area contributed by atoms with E-state index in [1.54, 1.807) is 24.8 Å². The van der Waals surface area contributed by atoms with Gasteiger partial charge in [-0.3, -0.25) is 20.1 Å². The van der Waals surface area contributed by atoms with Gasteiger partial charge in [-0.15, -0.1) is 0 Å². The highest BCUT2D eigenvalue weighted by Gasteiger charge is 2.23. The monoisotopic (exact) mass is 443 g/mol. The second-order valence-corrected chi connectivity index (χ2v) is 8.40. The Morgan fingerprint density at radius 2 is 1.82 bits per heavy atom. The third-order valence-corrected chi connectivity index (χ3v) is 6.28. The molecule has 2 N–H and O–H groups in total. The zero-order chi connectivity index (χ0) is 22.5. The van der Waals surface area contributed by atoms with Crippen LogP contribution in [0.25, 0.3) is 44.7 Å². The summed E-state index contributed by atoms with van der Waals surface area (Å²) in [4.78, 5) is 25.6. The number of aromatic nitrogens is 7. The van der Waals surface area contributed by atoms with Crippen LogP contribution in [0.1, 0.15) is 5.56 Å². The van der Waals surface area contributed by atoms with Crippen LogP contribution in [0, 0.1) is 12.7 Å². The van der Waals surface area contributed by atoms with E-state index in [2.05, 4.69) is 47.0 Å². The molecule has 5 aromatic heterocycles. The molecule has 0 spiro atoms. The highest BCUT2D eigenvalue weighted by Crippen LogP contribution is 2.34. The molecule has 0 radical (unpaired) electrons. The molecule has 33 heavy (non-hydrogen) atoms. The molecule has 9 nitrogen and oxygen atoms in total. The van der Waals surface area contributed by atoms with Crippen LogP contribution >= 0.6 is 0 Å². The standard InChI is InChI=1S/C23H22FN9/c1-13-3-4-25-9-14(13)20-19(24)18-15(11-27-20)30-31-22(18)23-28-16-10-26-12-17(21(16)29-23)33-7-5-32(2)6-8-33/h3-4,9-12H,5-8H2,1-2H3,(H,28,29)(H,30,31). The summed E-state index contributed by atoms with van der Waals surface area (Å²) < 4.78 is 15.8. The Bertz CT molecular complexity index is 1480. The Hall–Kier alpha value is -3.92. The summed E-state index contributed by atoms with van der Waals surface area (Å²) in [5, 5.41) is 7.61. The average molecular weight is 443 g/mol. The van der Waals surface area contributed by atoms with E-state index in [1.807, 2.05) is 19.2 Å². The molecule has 6 rings (SSSR count). The van der Waals surface area contributed by atoms with Gasteiger partial charge in [0.1, 0.15) is 16.9 Å². The fraction of sp³-hybridized carbons (Fsp3) is 0.261. The zero-order valence-electron chi connectivity index (χ0n) is 18.3. The molecule has 0 saturated carbocycles. The number of nitrogens with zero attached hydrogens (tertiary/aromatic N) is 7. The molecular formula is C23H22FN9. The van der Waals surface area contributed by atoms with Gasteiger partial charge in [0.15, 0.2) is 11.6 Å². The maximum atomic E-state index is 15.8. The van der Waals surface area contributed by atoms with Gasteiger partial charge in [0.05, 0.1) is 40.7 Å². The molecule has 1 aliphatic heterocycles. The first-order valence-corrected chi connectivity index (χ1v) is 10.8. The second kappa shape index (κ2) is 7.59. The SMILES string of the molecule is Cc1ccncc1-c1ncc2[nH]nc(-c3nc4c(N5CCN(C)CC5)cncc4[nH]3)c2c1F. The minimum atomic E-state index is -0.453. The fourth-order valence-corrected chi connectivity index (χ4v) is 4.36. The van der Waals surface area contributed by atoms with Gasteiger partial charge in [0.25, 0.3) is 0 Å². The number of anilines is 1. The fourth-order valence-electron chi connectivity index (χ4n) is 4.36. The Balaban J connectivity index is 1.48. The van der Waals surface area contributed by atoms with E-state index in [1.165, 1.54) is 0 Å². The first-order chi connectivity index (χ1) is 16.1. The van der Waals surface area contributed by atoms with Crippen molar-refractivity contribution in [2.24, 2.45) is 0 Å². The Morgan fingerprint density at radius 1 is 0.970 bits per heavy atom. The number of pyridine rings is 3. The van der Waals surface area contributed by atoms with E-state index in [9.17, 15) is 0 Å². The van der Waals surface area contributed by atoms with Crippen molar-refractivity contribution in [1.29, 1.82) is 0 Å². The van der Waals surface area contributed by atoms with E-state index in [0.717, 1.165) is 48.5 Å². The smallest absolute Gasteiger partial charge is 0.161 e. The minimum Gasteiger partial charge on any atom is -0.366 e. The maximum Gasteiger partial charge on any atom is 0.161 e. The van der Waals surface area contributed by atoms with Crippen molar-refractivity contribution in [3.05, 3.63) is 48.4 Å². The van der Waals surface area contributed by atoms with Crippen LogP contribution in [-0.2, 0) is 0 Å². The number of aromatic amines is 2. The maximum absolute atomic E-state index is 15.8. The van der Waals surface area contributed by atoms with Crippen molar-refractivity contribution in [1.82, 2.24) is 40.0 Å². The van der Waals surface area contributed by atoms with Crippen molar-refractivity contribution in [2.45, 2.75) is 6.92 Å². The van der Waals surface area contributed by atoms with Gasteiger partial charge in [0.2, 0.25) is 0 Å². The molecule has 0 unspecified atom stereocenters. The van der Waals surface area contributed by atoms with Crippen LogP contribution in [0.2, 0.25) is 0 Å². The van der Waals surface area contributed by atoms with Crippen LogP contribution in [0.4, 0.5) is 10.1 Å². The van der Waals surface area contributed by atoms with Crippen molar-refractivity contribution < 1.29 is 4.39 Å². The number of piperazine rings is 1. The van der Waals surface area contributed by atoms with Crippen molar-refractivity contribution in [3.63, 3.8) is 0 Å². The number of nitrogens with one attached hydrogen (secondary N) is 2. The number of hydrogen-bond acceptors (Lipinski definition) is 7. The van der Waals surface area contributed by atoms with E-state index >= 15 is 4.39 Å². The van der Waals surface area contributed by atoms with Crippen molar-refractivity contribution in [3.8, 4) is 22.8 Å². The van der Waals surface area contributed by atoms with Crippen LogP contribution in [-0.4, -0.2) is 73.2 Å². The average Bonchev–Trinajstić information content (AvgIpc) is 3.45. The summed E-state index contributed by atoms with van der Waals surface area (Å²) in [6.45, 7) is 5.67. The molecule has 0 aliphatic carbocycles. The molecule has 1 fully saturated rings. The van der Waals surface area contributed by atoms with Gasteiger partial charge < -0.3 is 14.8 Å². The quantitative estimate of drug-likeness (QED) is 0.442. The number of rotatable bonds is 3. The summed E-state index contributed by atoms with van der Waals surface area (Å²) in [5.74, 6) is 0.0313. The van der Waals surface area contributed by atoms with Crippen molar-refractivity contribution in [2.75, 3.05) is 38.1 Å². The van der Waals surface area contributed by atoms with Gasteiger partial charge in [-0.1, -0.05) is 0 Å². The highest BCUT2D eigenvalue weighted by molar-refractivity contribution is 5.97. The summed E-state index contributed by atoms with van der Waals surface area (Å²) in [7, 11) is 2.12. The number of aryl methyl sites for hydroxylation is 1. The lowest BCUT2D eigenvalue weighted by molar-refractivity contribution is 0.313. The largest absolute Gasteiger partial charge is 0.366 e. The number of hydrogen-bond donors (Lipinski definition) is 2. The van der Waals surface area contributed by atoms with Crippen LogP contribution in [0.15, 0.2) is 37.1 Å². The Labute approximate surface area is 188 Å². The Morgan fingerprint density at radius 3 is 2.64 bits per heavy atom. The van der Waals surface area contributed by atoms with E-state index in [-0.39, 0.29) is 5.69 Å². The number of imidazole rings is 1. The number of likely N-dealkylation sites (N-methyl/N-ethyl adjacent to an activating group) is 1. The third kappa shape index (κ3) is 3.21. The molecule has 0 aromatic carbocycles. The van der Waals surface area contributed by atoms with E-state index in [0.29, 0.717) is 28.0 Å². The van der Waals surface area contributed by atoms with Gasteiger partial charge in [0, 0.05) is 44.1 Å². The van der Waals surface area contributed by atoms with Gasteiger partial charge in [-0.25, -0.2) is 9.37 Å². The van der Waals surface area contributed by atoms with E-state index < -0.39 is 5.82 Å². The lowest BCUT2D eigenvalue weighted by atomic mass is 10.1. The van der Waals surface area contributed by atoms with Crippen LogP contribution in [0.3, 0.4) is 0 Å². The normalized spacial score (nSPS) is 15.1. The molecule has 0 atom stereocenters. The number of fused-ring (bicyclic) bond motifs is 2. The molecule has 0 bridgehead atoms. The molecule has 10 heteroatoms. The molecule has 1 aliphatic rings. The van der Waals surface area contributed by atoms with Gasteiger partial charge >= 0.3 is 0 Å². The highest BCUT2D eigenvalue weighted by atomic mass is 19.1. The van der Waals surface area contributed by atoms with E-state index in [4.69, 9.17) is 4.98 Å². The van der Waals surface area contributed by atoms with Gasteiger partial charge in [-0.05, 0) is 25.6 Å². The lowest BCUT2D eigenvalue weighted by Gasteiger charge is -2.33. The lowest BCUT2D eigenvalue weighted by Crippen LogP contribution is -2.44. The number of H-pyrrole nitrogens is 2. The molecule has 6 heterocycles. The summed E-state index contributed by atoms with van der Waals surface area (Å²) in [6.07, 6.45) is 8.48. The molecule has 166 valence electrons. The predicted molar refractivity (Wildman–Crippen MR) is 124 cm³/mol. The van der Waals surface area contributed by atoms with Gasteiger partial charge in [-0.2, -0.15) is 5.10 Å². The summed E-state index contributed by atoms with van der Waals surface area (Å²) >= 11 is 0.